The van der Waals surface area contributed by atoms with E-state index in [1.165, 1.54) is 15.9 Å². The van der Waals surface area contributed by atoms with Crippen LogP contribution >= 0.6 is 22.9 Å². The summed E-state index contributed by atoms with van der Waals surface area (Å²) in [5.74, 6) is -0.208. The molecule has 1 saturated carbocycles. The molecule has 0 spiro atoms. The molecule has 0 aliphatic heterocycles. The number of thiophene rings is 1. The van der Waals surface area contributed by atoms with Crippen LogP contribution in [0.1, 0.15) is 36.1 Å². The monoisotopic (exact) mass is 431 g/mol. The first kappa shape index (κ1) is 19.9. The predicted molar refractivity (Wildman–Crippen MR) is 117 cm³/mol. The first-order chi connectivity index (χ1) is 13.9. The van der Waals surface area contributed by atoms with Gasteiger partial charge in [-0.05, 0) is 50.5 Å². The normalized spacial score (nSPS) is 14.6. The van der Waals surface area contributed by atoms with Crippen molar-refractivity contribution in [3.8, 4) is 5.69 Å². The fourth-order valence-electron chi connectivity index (χ4n) is 3.93. The van der Waals surface area contributed by atoms with Gasteiger partial charge in [0.05, 0.1) is 11.1 Å². The number of aromatic nitrogens is 2. The Labute approximate surface area is 176 Å². The molecule has 4 rings (SSSR count). The van der Waals surface area contributed by atoms with Crippen molar-refractivity contribution in [3.05, 3.63) is 60.6 Å². The molecule has 1 aliphatic carbocycles. The summed E-state index contributed by atoms with van der Waals surface area (Å²) in [7, 11) is 0. The zero-order chi connectivity index (χ0) is 20.7. The van der Waals surface area contributed by atoms with E-state index in [0.29, 0.717) is 20.9 Å². The molecule has 0 saturated heterocycles. The lowest BCUT2D eigenvalue weighted by molar-refractivity contribution is -0.122. The average molecular weight is 432 g/mol. The van der Waals surface area contributed by atoms with Gasteiger partial charge in [-0.25, -0.2) is 9.36 Å². The lowest BCUT2D eigenvalue weighted by atomic mass is 10.2. The lowest BCUT2D eigenvalue weighted by Crippen LogP contribution is -2.43. The number of aryl methyl sites for hydroxylation is 2. The third-order valence-electron chi connectivity index (χ3n) is 5.54. The molecular formula is C21H22ClN3O3S. The number of nitrogens with one attached hydrogen (secondary N) is 1. The Morgan fingerprint density at radius 1 is 1.24 bits per heavy atom. The molecule has 1 amide bonds. The van der Waals surface area contributed by atoms with E-state index in [1.807, 2.05) is 13.8 Å². The Morgan fingerprint density at radius 2 is 1.97 bits per heavy atom. The van der Waals surface area contributed by atoms with Crippen LogP contribution in [0.2, 0.25) is 5.02 Å². The Bertz CT molecular complexity index is 1220. The highest BCUT2D eigenvalue weighted by Crippen LogP contribution is 2.27. The molecule has 2 aromatic heterocycles. The molecule has 1 N–H and O–H groups in total. The highest BCUT2D eigenvalue weighted by Gasteiger charge is 2.22. The molecule has 152 valence electrons. The molecule has 0 radical (unpaired) electrons. The average Bonchev–Trinajstić information content (AvgIpc) is 3.27. The fraction of sp³-hybridized carbons (Fsp3) is 0.381. The third-order valence-corrected chi connectivity index (χ3v) is 7.00. The van der Waals surface area contributed by atoms with Gasteiger partial charge >= 0.3 is 5.69 Å². The van der Waals surface area contributed by atoms with Crippen LogP contribution < -0.4 is 16.6 Å². The summed E-state index contributed by atoms with van der Waals surface area (Å²) in [6, 6.07) is 6.78. The molecular weight excluding hydrogens is 410 g/mol. The molecule has 1 fully saturated rings. The van der Waals surface area contributed by atoms with Crippen molar-refractivity contribution in [2.24, 2.45) is 0 Å². The first-order valence-corrected chi connectivity index (χ1v) is 10.9. The maximum Gasteiger partial charge on any atom is 0.337 e. The molecule has 0 unspecified atom stereocenters. The number of fused-ring (bicyclic) bond motifs is 1. The molecule has 6 nitrogen and oxygen atoms in total. The van der Waals surface area contributed by atoms with Crippen LogP contribution in [-0.2, 0) is 11.3 Å². The zero-order valence-corrected chi connectivity index (χ0v) is 17.9. The van der Waals surface area contributed by atoms with Gasteiger partial charge in [-0.1, -0.05) is 30.5 Å². The van der Waals surface area contributed by atoms with Crippen molar-refractivity contribution >= 4 is 39.1 Å². The van der Waals surface area contributed by atoms with Gasteiger partial charge in [0.2, 0.25) is 5.91 Å². The van der Waals surface area contributed by atoms with E-state index >= 15 is 0 Å². The van der Waals surface area contributed by atoms with E-state index in [4.69, 9.17) is 11.6 Å². The molecule has 0 atom stereocenters. The largest absolute Gasteiger partial charge is 0.352 e. The number of nitrogens with zero attached hydrogens (tertiary/aromatic N) is 2. The molecule has 2 heterocycles. The highest BCUT2D eigenvalue weighted by atomic mass is 35.5. The van der Waals surface area contributed by atoms with Crippen molar-refractivity contribution in [2.75, 3.05) is 0 Å². The van der Waals surface area contributed by atoms with Gasteiger partial charge in [0.1, 0.15) is 11.4 Å². The van der Waals surface area contributed by atoms with E-state index in [9.17, 15) is 14.4 Å². The number of rotatable bonds is 4. The Balaban J connectivity index is 1.88. The Morgan fingerprint density at radius 3 is 2.66 bits per heavy atom. The van der Waals surface area contributed by atoms with Crippen LogP contribution in [0.4, 0.5) is 0 Å². The summed E-state index contributed by atoms with van der Waals surface area (Å²) >= 11 is 7.46. The summed E-state index contributed by atoms with van der Waals surface area (Å²) < 4.78 is 2.52. The Kier molecular flexibility index (Phi) is 5.36. The number of hydrogen-bond acceptors (Lipinski definition) is 4. The molecule has 1 aromatic carbocycles. The van der Waals surface area contributed by atoms with Gasteiger partial charge in [-0.2, -0.15) is 0 Å². The number of halogens is 1. The number of carbonyl (C=O) groups is 1. The maximum absolute atomic E-state index is 13.3. The van der Waals surface area contributed by atoms with Crippen LogP contribution in [0.25, 0.3) is 15.9 Å². The van der Waals surface area contributed by atoms with Gasteiger partial charge in [0.25, 0.3) is 5.56 Å². The van der Waals surface area contributed by atoms with Crippen LogP contribution in [0.5, 0.6) is 0 Å². The van der Waals surface area contributed by atoms with Crippen LogP contribution in [0.15, 0.2) is 33.9 Å². The molecule has 8 heteroatoms. The van der Waals surface area contributed by atoms with Gasteiger partial charge < -0.3 is 5.32 Å². The maximum atomic E-state index is 13.3. The Hall–Kier alpha value is -2.38. The lowest BCUT2D eigenvalue weighted by Gasteiger charge is -2.15. The van der Waals surface area contributed by atoms with Crippen LogP contribution in [-0.4, -0.2) is 21.1 Å². The third kappa shape index (κ3) is 3.65. The predicted octanol–water partition coefficient (Wildman–Crippen LogP) is 3.54. The van der Waals surface area contributed by atoms with Gasteiger partial charge in [0, 0.05) is 15.9 Å². The number of hydrogen-bond donors (Lipinski definition) is 1. The second-order valence-electron chi connectivity index (χ2n) is 7.50. The molecule has 1 aliphatic rings. The van der Waals surface area contributed by atoms with E-state index in [0.717, 1.165) is 40.7 Å². The minimum Gasteiger partial charge on any atom is -0.352 e. The summed E-state index contributed by atoms with van der Waals surface area (Å²) in [4.78, 5) is 40.7. The van der Waals surface area contributed by atoms with Gasteiger partial charge in [-0.3, -0.25) is 14.2 Å². The second-order valence-corrected chi connectivity index (χ2v) is 9.14. The van der Waals surface area contributed by atoms with E-state index in [1.54, 1.807) is 24.3 Å². The van der Waals surface area contributed by atoms with E-state index in [2.05, 4.69) is 5.32 Å². The van der Waals surface area contributed by atoms with Crippen LogP contribution in [0.3, 0.4) is 0 Å². The van der Waals surface area contributed by atoms with E-state index < -0.39 is 5.69 Å². The van der Waals surface area contributed by atoms with Gasteiger partial charge in [-0.15, -0.1) is 11.3 Å². The van der Waals surface area contributed by atoms with Crippen molar-refractivity contribution in [3.63, 3.8) is 0 Å². The standard InChI is InChI=1S/C21H22ClN3O3S/c1-12-13(2)29-20-18(12)19(27)25(16-9-5-6-14(22)10-16)21(28)24(20)11-17(26)23-15-7-3-4-8-15/h5-6,9-10,15H,3-4,7-8,11H2,1-2H3,(H,23,26). The number of amides is 1. The van der Waals surface area contributed by atoms with Crippen molar-refractivity contribution in [1.82, 2.24) is 14.5 Å². The molecule has 29 heavy (non-hydrogen) atoms. The summed E-state index contributed by atoms with van der Waals surface area (Å²) in [6.45, 7) is 3.66. The smallest absolute Gasteiger partial charge is 0.337 e. The van der Waals surface area contributed by atoms with Crippen molar-refractivity contribution in [2.45, 2.75) is 52.1 Å². The topological polar surface area (TPSA) is 73.1 Å². The molecule has 0 bridgehead atoms. The minimum atomic E-state index is -0.535. The summed E-state index contributed by atoms with van der Waals surface area (Å²) in [6.07, 6.45) is 4.15. The summed E-state index contributed by atoms with van der Waals surface area (Å²) in [5, 5.41) is 3.92. The highest BCUT2D eigenvalue weighted by molar-refractivity contribution is 7.18. The number of carbonyl (C=O) groups excluding carboxylic acids is 1. The minimum absolute atomic E-state index is 0.119. The van der Waals surface area contributed by atoms with E-state index in [-0.39, 0.29) is 24.1 Å². The van der Waals surface area contributed by atoms with Crippen molar-refractivity contribution < 1.29 is 4.79 Å². The van der Waals surface area contributed by atoms with Gasteiger partial charge in [0.15, 0.2) is 0 Å². The van der Waals surface area contributed by atoms with Crippen LogP contribution in [0, 0.1) is 13.8 Å². The second kappa shape index (κ2) is 7.80. The quantitative estimate of drug-likeness (QED) is 0.686. The zero-order valence-electron chi connectivity index (χ0n) is 16.3. The SMILES string of the molecule is Cc1sc2c(c1C)c(=O)n(-c1cccc(Cl)c1)c(=O)n2CC(=O)NC1CCCC1. The summed E-state index contributed by atoms with van der Waals surface area (Å²) in [5.41, 5.74) is 0.299. The first-order valence-electron chi connectivity index (χ1n) is 9.67. The molecule has 3 aromatic rings. The number of benzene rings is 1. The van der Waals surface area contributed by atoms with Crippen molar-refractivity contribution in [1.29, 1.82) is 0 Å². The fourth-order valence-corrected chi connectivity index (χ4v) is 5.25.